The second-order valence-corrected chi connectivity index (χ2v) is 3.60. The molecule has 0 spiro atoms. The average molecular weight is 209 g/mol. The lowest BCUT2D eigenvalue weighted by atomic mass is 10.1. The molecule has 1 aromatic heterocycles. The van der Waals surface area contributed by atoms with Gasteiger partial charge in [-0.2, -0.15) is 0 Å². The quantitative estimate of drug-likeness (QED) is 0.731. The van der Waals surface area contributed by atoms with Gasteiger partial charge in [-0.25, -0.2) is 9.78 Å². The first-order valence-corrected chi connectivity index (χ1v) is 5.20. The monoisotopic (exact) mass is 209 g/mol. The van der Waals surface area contributed by atoms with Crippen LogP contribution in [0.25, 0.3) is 0 Å². The molecule has 0 aliphatic carbocycles. The van der Waals surface area contributed by atoms with E-state index in [9.17, 15) is 4.79 Å². The molecule has 0 unspecified atom stereocenters. The molecule has 5 nitrogen and oxygen atoms in total. The maximum atomic E-state index is 11.4. The summed E-state index contributed by atoms with van der Waals surface area (Å²) in [5.74, 6) is -0.397. The van der Waals surface area contributed by atoms with Gasteiger partial charge in [-0.05, 0) is 19.8 Å². The van der Waals surface area contributed by atoms with E-state index in [1.165, 1.54) is 0 Å². The predicted octanol–water partition coefficient (Wildman–Crippen LogP) is 0.392. The average Bonchev–Trinajstić information content (AvgIpc) is 2.77. The second-order valence-electron chi connectivity index (χ2n) is 3.60. The Kier molecular flexibility index (Phi) is 2.73. The Morgan fingerprint density at radius 1 is 1.80 bits per heavy atom. The summed E-state index contributed by atoms with van der Waals surface area (Å²) in [5.41, 5.74) is 7.54. The number of ether oxygens (including phenoxy) is 1. The highest BCUT2D eigenvalue weighted by Gasteiger charge is 2.26. The lowest BCUT2D eigenvalue weighted by molar-refractivity contribution is -0.144. The first-order chi connectivity index (χ1) is 7.24. The van der Waals surface area contributed by atoms with Crippen molar-refractivity contribution >= 4 is 5.97 Å². The summed E-state index contributed by atoms with van der Waals surface area (Å²) < 4.78 is 6.92. The number of aryl methyl sites for hydroxylation is 1. The Balaban J connectivity index is 2.18. The maximum absolute atomic E-state index is 11.4. The number of hydrogen-bond acceptors (Lipinski definition) is 4. The number of imidazole rings is 1. The van der Waals surface area contributed by atoms with Gasteiger partial charge in [0.15, 0.2) is 0 Å². The number of rotatable bonds is 3. The van der Waals surface area contributed by atoms with E-state index in [-0.39, 0.29) is 0 Å². The van der Waals surface area contributed by atoms with Crippen molar-refractivity contribution in [2.75, 3.05) is 6.61 Å². The van der Waals surface area contributed by atoms with Crippen LogP contribution in [0, 0.1) is 0 Å². The lowest BCUT2D eigenvalue weighted by Crippen LogP contribution is -2.25. The molecule has 0 radical (unpaired) electrons. The number of esters is 1. The smallest absolute Gasteiger partial charge is 0.329 e. The van der Waals surface area contributed by atoms with Gasteiger partial charge in [0, 0.05) is 12.2 Å². The van der Waals surface area contributed by atoms with Crippen LogP contribution in [-0.2, 0) is 22.5 Å². The number of carbonyl (C=O) groups is 1. The zero-order valence-electron chi connectivity index (χ0n) is 8.77. The normalized spacial score (nSPS) is 16.1. The summed E-state index contributed by atoms with van der Waals surface area (Å²) in [5, 5.41) is 0. The van der Waals surface area contributed by atoms with Gasteiger partial charge in [0.2, 0.25) is 0 Å². The number of nitrogens with zero attached hydrogens (tertiary/aromatic N) is 2. The molecule has 1 atom stereocenters. The molecule has 0 aromatic carbocycles. The summed E-state index contributed by atoms with van der Waals surface area (Å²) in [6.45, 7) is 3.09. The Hall–Kier alpha value is -1.36. The lowest BCUT2D eigenvalue weighted by Gasteiger charge is -2.09. The van der Waals surface area contributed by atoms with E-state index < -0.39 is 12.0 Å². The van der Waals surface area contributed by atoms with E-state index >= 15 is 0 Å². The third kappa shape index (κ3) is 1.74. The number of fused-ring (bicyclic) bond motifs is 1. The summed E-state index contributed by atoms with van der Waals surface area (Å²) >= 11 is 0. The van der Waals surface area contributed by atoms with Crippen LogP contribution in [0.2, 0.25) is 0 Å². The second kappa shape index (κ2) is 4.02. The van der Waals surface area contributed by atoms with Gasteiger partial charge in [-0.1, -0.05) is 0 Å². The van der Waals surface area contributed by atoms with E-state index in [0.717, 1.165) is 25.1 Å². The van der Waals surface area contributed by atoms with Crippen molar-refractivity contribution in [1.29, 1.82) is 0 Å². The summed E-state index contributed by atoms with van der Waals surface area (Å²) in [4.78, 5) is 15.6. The molecule has 1 aliphatic rings. The van der Waals surface area contributed by atoms with Crippen LogP contribution in [-0.4, -0.2) is 22.1 Å². The highest BCUT2D eigenvalue weighted by molar-refractivity contribution is 5.77. The van der Waals surface area contributed by atoms with Gasteiger partial charge >= 0.3 is 5.97 Å². The van der Waals surface area contributed by atoms with E-state index in [1.54, 1.807) is 13.3 Å². The third-order valence-electron chi connectivity index (χ3n) is 2.63. The molecule has 1 aliphatic heterocycles. The summed E-state index contributed by atoms with van der Waals surface area (Å²) in [7, 11) is 0. The van der Waals surface area contributed by atoms with E-state index in [4.69, 9.17) is 10.5 Å². The molecule has 1 aromatic rings. The fourth-order valence-corrected chi connectivity index (χ4v) is 1.91. The molecule has 2 N–H and O–H groups in total. The van der Waals surface area contributed by atoms with Crippen LogP contribution < -0.4 is 5.73 Å². The van der Waals surface area contributed by atoms with Gasteiger partial charge in [0.25, 0.3) is 0 Å². The molecule has 82 valence electrons. The minimum Gasteiger partial charge on any atom is -0.465 e. The standard InChI is InChI=1S/C10H15N3O2/c1-2-15-10(14)8(11)9-7-4-3-5-13(7)6-12-9/h6,8H,2-5,11H2,1H3/t8-/m1/s1. The molecule has 0 saturated carbocycles. The van der Waals surface area contributed by atoms with E-state index in [2.05, 4.69) is 9.55 Å². The first kappa shape index (κ1) is 10.2. The Morgan fingerprint density at radius 2 is 2.60 bits per heavy atom. The van der Waals surface area contributed by atoms with Gasteiger partial charge in [0.05, 0.1) is 18.6 Å². The highest BCUT2D eigenvalue weighted by Crippen LogP contribution is 2.22. The van der Waals surface area contributed by atoms with Gasteiger partial charge in [-0.15, -0.1) is 0 Å². The molecule has 2 rings (SSSR count). The minimum absolute atomic E-state index is 0.350. The molecule has 0 saturated heterocycles. The number of carbonyl (C=O) groups excluding carboxylic acids is 1. The van der Waals surface area contributed by atoms with Crippen LogP contribution in [0.4, 0.5) is 0 Å². The maximum Gasteiger partial charge on any atom is 0.329 e. The van der Waals surface area contributed by atoms with Gasteiger partial charge < -0.3 is 15.0 Å². The fraction of sp³-hybridized carbons (Fsp3) is 0.600. The molecule has 5 heteroatoms. The largest absolute Gasteiger partial charge is 0.465 e. The number of aromatic nitrogens is 2. The summed E-state index contributed by atoms with van der Waals surface area (Å²) in [6.07, 6.45) is 3.79. The third-order valence-corrected chi connectivity index (χ3v) is 2.63. The van der Waals surface area contributed by atoms with Crippen molar-refractivity contribution in [1.82, 2.24) is 9.55 Å². The van der Waals surface area contributed by atoms with Crippen LogP contribution in [0.1, 0.15) is 30.8 Å². The number of nitrogens with two attached hydrogens (primary N) is 1. The van der Waals surface area contributed by atoms with E-state index in [1.807, 2.05) is 0 Å². The van der Waals surface area contributed by atoms with Crippen molar-refractivity contribution in [2.24, 2.45) is 5.73 Å². The SMILES string of the molecule is CCOC(=O)[C@H](N)c1ncn2c1CCC2. The van der Waals surface area contributed by atoms with Crippen LogP contribution in [0.5, 0.6) is 0 Å². The minimum atomic E-state index is -0.737. The van der Waals surface area contributed by atoms with Crippen molar-refractivity contribution in [2.45, 2.75) is 32.4 Å². The van der Waals surface area contributed by atoms with Gasteiger partial charge in [0.1, 0.15) is 6.04 Å². The Labute approximate surface area is 88.2 Å². The van der Waals surface area contributed by atoms with Gasteiger partial charge in [-0.3, -0.25) is 0 Å². The Bertz CT molecular complexity index is 373. The van der Waals surface area contributed by atoms with Crippen molar-refractivity contribution < 1.29 is 9.53 Å². The van der Waals surface area contributed by atoms with Crippen molar-refractivity contribution in [3.63, 3.8) is 0 Å². The molecule has 15 heavy (non-hydrogen) atoms. The van der Waals surface area contributed by atoms with Crippen molar-refractivity contribution in [3.8, 4) is 0 Å². The van der Waals surface area contributed by atoms with Crippen LogP contribution in [0.3, 0.4) is 0 Å². The fourth-order valence-electron chi connectivity index (χ4n) is 1.91. The molecule has 2 heterocycles. The zero-order valence-corrected chi connectivity index (χ0v) is 8.77. The zero-order chi connectivity index (χ0) is 10.8. The highest BCUT2D eigenvalue weighted by atomic mass is 16.5. The van der Waals surface area contributed by atoms with E-state index in [0.29, 0.717) is 12.3 Å². The van der Waals surface area contributed by atoms with Crippen LogP contribution in [0.15, 0.2) is 6.33 Å². The van der Waals surface area contributed by atoms with Crippen LogP contribution >= 0.6 is 0 Å². The molecular weight excluding hydrogens is 194 g/mol. The molecular formula is C10H15N3O2. The Morgan fingerprint density at radius 3 is 3.33 bits per heavy atom. The summed E-state index contributed by atoms with van der Waals surface area (Å²) in [6, 6.07) is -0.737. The first-order valence-electron chi connectivity index (χ1n) is 5.20. The predicted molar refractivity (Wildman–Crippen MR) is 54.1 cm³/mol. The number of hydrogen-bond donors (Lipinski definition) is 1. The molecule has 0 fully saturated rings. The topological polar surface area (TPSA) is 70.1 Å². The molecule has 0 bridgehead atoms. The molecule has 0 amide bonds. The van der Waals surface area contributed by atoms with Crippen molar-refractivity contribution in [3.05, 3.63) is 17.7 Å².